The molecule has 5 heteroatoms. The standard InChI is InChI=1S/C24H26ClN3O/c1-3-21-15-27-24(28-21)12-22(29-2)6-7-23(24)10-17-5-4-16(8-18(17)11-23)19-9-20(25)14-26-13-19/h4-5,8-9,13-15,22H,3,6-7,10-12H2,1-2H3. The lowest BCUT2D eigenvalue weighted by molar-refractivity contribution is -0.0222. The van der Waals surface area contributed by atoms with Crippen LogP contribution in [0.15, 0.2) is 46.6 Å². The summed E-state index contributed by atoms with van der Waals surface area (Å²) < 4.78 is 5.75. The fourth-order valence-corrected chi connectivity index (χ4v) is 5.61. The number of nitrogens with zero attached hydrogens (tertiary/aromatic N) is 3. The van der Waals surface area contributed by atoms with Crippen molar-refractivity contribution in [1.29, 1.82) is 0 Å². The maximum Gasteiger partial charge on any atom is 0.159 e. The third-order valence-electron chi connectivity index (χ3n) is 7.06. The van der Waals surface area contributed by atoms with Gasteiger partial charge in [0.25, 0.3) is 0 Å². The van der Waals surface area contributed by atoms with E-state index in [1.54, 1.807) is 6.20 Å². The van der Waals surface area contributed by atoms with Gasteiger partial charge in [0, 0.05) is 43.1 Å². The normalized spacial score (nSPS) is 30.2. The van der Waals surface area contributed by atoms with Crippen molar-refractivity contribution in [3.63, 3.8) is 0 Å². The molecule has 4 nitrogen and oxygen atoms in total. The van der Waals surface area contributed by atoms with Gasteiger partial charge in [-0.25, -0.2) is 0 Å². The van der Waals surface area contributed by atoms with Crippen LogP contribution in [0, 0.1) is 5.41 Å². The number of halogens is 1. The molecule has 2 aromatic rings. The van der Waals surface area contributed by atoms with Crippen LogP contribution in [0.4, 0.5) is 0 Å². The largest absolute Gasteiger partial charge is 0.381 e. The van der Waals surface area contributed by atoms with E-state index in [-0.39, 0.29) is 17.2 Å². The molecule has 2 spiro atoms. The number of rotatable bonds is 3. The molecule has 0 amide bonds. The Hall–Kier alpha value is -2.04. The van der Waals surface area contributed by atoms with Gasteiger partial charge in [0.05, 0.1) is 16.8 Å². The van der Waals surface area contributed by atoms with Gasteiger partial charge in [-0.15, -0.1) is 0 Å². The summed E-state index contributed by atoms with van der Waals surface area (Å²) in [5, 5.41) is 0.665. The first kappa shape index (κ1) is 19.0. The van der Waals surface area contributed by atoms with Crippen LogP contribution in [0.5, 0.6) is 0 Å². The summed E-state index contributed by atoms with van der Waals surface area (Å²) in [7, 11) is 1.81. The maximum absolute atomic E-state index is 6.16. The summed E-state index contributed by atoms with van der Waals surface area (Å²) in [5.41, 5.74) is 5.84. The third-order valence-corrected chi connectivity index (χ3v) is 7.27. The molecule has 1 aliphatic heterocycles. The summed E-state index contributed by atoms with van der Waals surface area (Å²) in [5.74, 6) is 0. The molecule has 0 saturated heterocycles. The van der Waals surface area contributed by atoms with Crippen molar-refractivity contribution in [3.8, 4) is 11.1 Å². The molecule has 3 unspecified atom stereocenters. The summed E-state index contributed by atoms with van der Waals surface area (Å²) in [4.78, 5) is 14.5. The van der Waals surface area contributed by atoms with Crippen molar-refractivity contribution in [1.82, 2.24) is 4.98 Å². The Morgan fingerprint density at radius 3 is 2.76 bits per heavy atom. The highest BCUT2D eigenvalue weighted by atomic mass is 35.5. The second-order valence-electron chi connectivity index (χ2n) is 8.64. The lowest BCUT2D eigenvalue weighted by Crippen LogP contribution is -2.51. The number of hydrogen-bond acceptors (Lipinski definition) is 4. The molecule has 1 aromatic carbocycles. The van der Waals surface area contributed by atoms with Gasteiger partial charge in [-0.05, 0) is 54.9 Å². The topological polar surface area (TPSA) is 46.8 Å². The summed E-state index contributed by atoms with van der Waals surface area (Å²) in [6.07, 6.45) is 11.8. The summed E-state index contributed by atoms with van der Waals surface area (Å²) >= 11 is 6.16. The van der Waals surface area contributed by atoms with Crippen molar-refractivity contribution < 1.29 is 4.74 Å². The number of pyridine rings is 1. The SMILES string of the molecule is CCC1=NC2(CC(OC)CCC23Cc2ccc(-c4cncc(Cl)c4)cc2C3)N=C1. The van der Waals surface area contributed by atoms with Crippen LogP contribution in [0.3, 0.4) is 0 Å². The molecule has 150 valence electrons. The van der Waals surface area contributed by atoms with Gasteiger partial charge in [-0.3, -0.25) is 15.0 Å². The van der Waals surface area contributed by atoms with Gasteiger partial charge in [0.15, 0.2) is 5.66 Å². The molecule has 2 heterocycles. The molecule has 29 heavy (non-hydrogen) atoms. The highest BCUT2D eigenvalue weighted by Gasteiger charge is 2.58. The van der Waals surface area contributed by atoms with Crippen molar-refractivity contribution >= 4 is 23.5 Å². The van der Waals surface area contributed by atoms with Crippen LogP contribution in [0.2, 0.25) is 5.02 Å². The van der Waals surface area contributed by atoms with Gasteiger partial charge in [-0.1, -0.05) is 36.7 Å². The first-order valence-electron chi connectivity index (χ1n) is 10.5. The molecular weight excluding hydrogens is 382 g/mol. The Bertz CT molecular complexity index is 1020. The highest BCUT2D eigenvalue weighted by Crippen LogP contribution is 2.57. The van der Waals surface area contributed by atoms with E-state index in [1.807, 2.05) is 25.6 Å². The molecule has 2 aliphatic carbocycles. The molecule has 0 N–H and O–H groups in total. The molecule has 3 aliphatic rings. The molecule has 0 bridgehead atoms. The lowest BCUT2D eigenvalue weighted by atomic mass is 9.63. The van der Waals surface area contributed by atoms with Gasteiger partial charge < -0.3 is 4.74 Å². The second kappa shape index (κ2) is 7.03. The van der Waals surface area contributed by atoms with E-state index < -0.39 is 0 Å². The van der Waals surface area contributed by atoms with E-state index in [1.165, 1.54) is 16.7 Å². The van der Waals surface area contributed by atoms with Gasteiger partial charge in [0.2, 0.25) is 0 Å². The van der Waals surface area contributed by atoms with E-state index in [2.05, 4.69) is 30.1 Å². The highest BCUT2D eigenvalue weighted by molar-refractivity contribution is 6.32. The Morgan fingerprint density at radius 2 is 2.00 bits per heavy atom. The molecule has 3 atom stereocenters. The number of ether oxygens (including phenoxy) is 1. The van der Waals surface area contributed by atoms with E-state index in [9.17, 15) is 0 Å². The van der Waals surface area contributed by atoms with Crippen molar-refractivity contribution in [2.24, 2.45) is 15.4 Å². The number of fused-ring (bicyclic) bond motifs is 2. The smallest absolute Gasteiger partial charge is 0.159 e. The van der Waals surface area contributed by atoms with Crippen molar-refractivity contribution in [2.45, 2.75) is 57.2 Å². The zero-order valence-corrected chi connectivity index (χ0v) is 17.7. The van der Waals surface area contributed by atoms with Gasteiger partial charge in [-0.2, -0.15) is 0 Å². The average molecular weight is 408 g/mol. The van der Waals surface area contributed by atoms with Gasteiger partial charge >= 0.3 is 0 Å². The Morgan fingerprint density at radius 1 is 1.14 bits per heavy atom. The van der Waals surface area contributed by atoms with E-state index in [0.29, 0.717) is 5.02 Å². The monoisotopic (exact) mass is 407 g/mol. The van der Waals surface area contributed by atoms with Crippen molar-refractivity contribution in [2.75, 3.05) is 7.11 Å². The minimum atomic E-state index is -0.381. The number of benzene rings is 1. The molecule has 0 radical (unpaired) electrons. The van der Waals surface area contributed by atoms with Crippen LogP contribution in [0.1, 0.15) is 43.7 Å². The maximum atomic E-state index is 6.16. The molecule has 1 fully saturated rings. The lowest BCUT2D eigenvalue weighted by Gasteiger charge is -2.48. The van der Waals surface area contributed by atoms with Crippen molar-refractivity contribution in [3.05, 3.63) is 52.8 Å². The number of methoxy groups -OCH3 is 1. The first-order chi connectivity index (χ1) is 14.1. The van der Waals surface area contributed by atoms with Crippen LogP contribution in [0.25, 0.3) is 11.1 Å². The summed E-state index contributed by atoms with van der Waals surface area (Å²) in [6.45, 7) is 2.15. The van der Waals surface area contributed by atoms with Crippen LogP contribution >= 0.6 is 11.6 Å². The number of hydrogen-bond donors (Lipinski definition) is 0. The zero-order valence-electron chi connectivity index (χ0n) is 17.0. The van der Waals surface area contributed by atoms with Gasteiger partial charge in [0.1, 0.15) is 0 Å². The van der Waals surface area contributed by atoms with Crippen LogP contribution in [-0.4, -0.2) is 35.8 Å². The Balaban J connectivity index is 1.52. The zero-order chi connectivity index (χ0) is 20.1. The number of aliphatic imine (C=N–C) groups is 2. The van der Waals surface area contributed by atoms with Crippen LogP contribution in [-0.2, 0) is 17.6 Å². The minimum Gasteiger partial charge on any atom is -0.381 e. The Kier molecular flexibility index (Phi) is 4.60. The van der Waals surface area contributed by atoms with Crippen LogP contribution < -0.4 is 0 Å². The number of aromatic nitrogens is 1. The molecular formula is C24H26ClN3O. The predicted molar refractivity (Wildman–Crippen MR) is 118 cm³/mol. The Labute approximate surface area is 177 Å². The molecule has 5 rings (SSSR count). The quantitative estimate of drug-likeness (QED) is 0.691. The third kappa shape index (κ3) is 3.04. The average Bonchev–Trinajstić information content (AvgIpc) is 3.32. The molecule has 1 aromatic heterocycles. The second-order valence-corrected chi connectivity index (χ2v) is 9.08. The molecule has 1 saturated carbocycles. The minimum absolute atomic E-state index is 0.0446. The van der Waals surface area contributed by atoms with E-state index >= 15 is 0 Å². The summed E-state index contributed by atoms with van der Waals surface area (Å²) in [6, 6.07) is 8.76. The first-order valence-corrected chi connectivity index (χ1v) is 10.8. The van der Waals surface area contributed by atoms with E-state index in [0.717, 1.165) is 49.8 Å². The predicted octanol–water partition coefficient (Wildman–Crippen LogP) is 5.32. The fraction of sp³-hybridized carbons (Fsp3) is 0.458. The fourth-order valence-electron chi connectivity index (χ4n) is 5.44. The van der Waals surface area contributed by atoms with E-state index in [4.69, 9.17) is 26.3 Å².